The van der Waals surface area contributed by atoms with Crippen LogP contribution in [0.1, 0.15) is 27.2 Å². The summed E-state index contributed by atoms with van der Waals surface area (Å²) in [6, 6.07) is 0. The molecular weight excluding hydrogens is 248 g/mol. The number of carbonyl (C=O) groups is 2. The number of nitrogens with one attached hydrogen (secondary N) is 1. The standard InChI is InChI=1S/C9H18N2O5S/c1-9(2,3)16-8(13)10-6-5-7(12)11(4)17(14)15/h17H,5-6H2,1-4H3,(H,10,13). The average Bonchev–Trinajstić information content (AvgIpc) is 2.13. The summed E-state index contributed by atoms with van der Waals surface area (Å²) in [7, 11) is -1.76. The van der Waals surface area contributed by atoms with Gasteiger partial charge in [-0.25, -0.2) is 17.5 Å². The molecule has 0 radical (unpaired) electrons. The summed E-state index contributed by atoms with van der Waals surface area (Å²) in [4.78, 5) is 22.4. The van der Waals surface area contributed by atoms with Gasteiger partial charge in [-0.2, -0.15) is 0 Å². The SMILES string of the molecule is CN(C(=O)CCNC(=O)OC(C)(C)C)[SH](=O)=O. The summed E-state index contributed by atoms with van der Waals surface area (Å²) in [5, 5.41) is 2.36. The van der Waals surface area contributed by atoms with Crippen LogP contribution >= 0.6 is 0 Å². The van der Waals surface area contributed by atoms with Crippen LogP contribution in [0.3, 0.4) is 0 Å². The predicted octanol–water partition coefficient (Wildman–Crippen LogP) is -0.114. The van der Waals surface area contributed by atoms with E-state index in [2.05, 4.69) is 5.32 Å². The van der Waals surface area contributed by atoms with Gasteiger partial charge in [0.05, 0.1) is 0 Å². The van der Waals surface area contributed by atoms with Crippen LogP contribution in [0.15, 0.2) is 0 Å². The molecule has 100 valence electrons. The van der Waals surface area contributed by atoms with Crippen LogP contribution in [0, 0.1) is 0 Å². The lowest BCUT2D eigenvalue weighted by Crippen LogP contribution is -2.35. The van der Waals surface area contributed by atoms with E-state index in [0.29, 0.717) is 4.31 Å². The van der Waals surface area contributed by atoms with Gasteiger partial charge in [0.25, 0.3) is 0 Å². The zero-order valence-corrected chi connectivity index (χ0v) is 11.2. The summed E-state index contributed by atoms with van der Waals surface area (Å²) in [6.45, 7) is 5.18. The van der Waals surface area contributed by atoms with Gasteiger partial charge in [0.15, 0.2) is 0 Å². The molecule has 8 heteroatoms. The molecule has 0 aromatic heterocycles. The summed E-state index contributed by atoms with van der Waals surface area (Å²) < 4.78 is 26.4. The van der Waals surface area contributed by atoms with E-state index in [1.54, 1.807) is 20.8 Å². The molecule has 0 unspecified atom stereocenters. The fourth-order valence-electron chi connectivity index (χ4n) is 0.839. The lowest BCUT2D eigenvalue weighted by atomic mass is 10.2. The predicted molar refractivity (Wildman–Crippen MR) is 61.9 cm³/mol. The highest BCUT2D eigenvalue weighted by molar-refractivity contribution is 7.70. The Bertz CT molecular complexity index is 351. The fourth-order valence-corrected chi connectivity index (χ4v) is 1.12. The number of nitrogens with zero attached hydrogens (tertiary/aromatic N) is 1. The normalized spacial score (nSPS) is 11.1. The van der Waals surface area contributed by atoms with E-state index in [0.717, 1.165) is 7.05 Å². The van der Waals surface area contributed by atoms with E-state index in [1.807, 2.05) is 0 Å². The van der Waals surface area contributed by atoms with Crippen molar-refractivity contribution in [1.82, 2.24) is 9.62 Å². The number of thiol groups is 1. The highest BCUT2D eigenvalue weighted by Crippen LogP contribution is 2.06. The minimum absolute atomic E-state index is 0.0290. The van der Waals surface area contributed by atoms with E-state index < -0.39 is 28.5 Å². The van der Waals surface area contributed by atoms with Crippen molar-refractivity contribution >= 4 is 22.9 Å². The molecule has 0 saturated carbocycles. The highest BCUT2D eigenvalue weighted by atomic mass is 32.2. The van der Waals surface area contributed by atoms with Crippen LogP contribution < -0.4 is 5.32 Å². The first-order valence-corrected chi connectivity index (χ1v) is 6.14. The molecule has 0 aliphatic rings. The number of ether oxygens (including phenoxy) is 1. The van der Waals surface area contributed by atoms with Gasteiger partial charge in [0, 0.05) is 20.0 Å². The molecule has 1 N–H and O–H groups in total. The number of hydrogen-bond donors (Lipinski definition) is 2. The molecule has 0 aromatic carbocycles. The largest absolute Gasteiger partial charge is 0.444 e. The van der Waals surface area contributed by atoms with Crippen molar-refractivity contribution in [2.45, 2.75) is 32.8 Å². The Balaban J connectivity index is 3.93. The average molecular weight is 266 g/mol. The maximum Gasteiger partial charge on any atom is 0.407 e. The van der Waals surface area contributed by atoms with Gasteiger partial charge in [-0.3, -0.25) is 4.79 Å². The summed E-state index contributed by atoms with van der Waals surface area (Å²) in [5.74, 6) is -0.586. The molecule has 17 heavy (non-hydrogen) atoms. The van der Waals surface area contributed by atoms with E-state index in [-0.39, 0.29) is 13.0 Å². The lowest BCUT2D eigenvalue weighted by Gasteiger charge is -2.19. The topological polar surface area (TPSA) is 92.8 Å². The monoisotopic (exact) mass is 266 g/mol. The first kappa shape index (κ1) is 15.7. The molecule has 7 nitrogen and oxygen atoms in total. The summed E-state index contributed by atoms with van der Waals surface area (Å²) in [6.07, 6.45) is -0.738. The minimum atomic E-state index is -2.92. The van der Waals surface area contributed by atoms with Crippen LogP contribution in [0.25, 0.3) is 0 Å². The van der Waals surface area contributed by atoms with Crippen molar-refractivity contribution in [1.29, 1.82) is 0 Å². The quantitative estimate of drug-likeness (QED) is 0.692. The minimum Gasteiger partial charge on any atom is -0.444 e. The van der Waals surface area contributed by atoms with E-state index >= 15 is 0 Å². The molecule has 0 saturated heterocycles. The van der Waals surface area contributed by atoms with Crippen LogP contribution in [-0.4, -0.2) is 43.9 Å². The first-order valence-electron chi connectivity index (χ1n) is 5.01. The van der Waals surface area contributed by atoms with Gasteiger partial charge in [-0.05, 0) is 20.8 Å². The molecule has 0 rings (SSSR count). The third kappa shape index (κ3) is 7.56. The second kappa shape index (κ2) is 6.43. The third-order valence-electron chi connectivity index (χ3n) is 1.61. The van der Waals surface area contributed by atoms with Gasteiger partial charge < -0.3 is 10.1 Å². The molecule has 0 aliphatic heterocycles. The molecule has 2 amide bonds. The van der Waals surface area contributed by atoms with Crippen molar-refractivity contribution in [3.8, 4) is 0 Å². The Morgan fingerprint density at radius 1 is 1.29 bits per heavy atom. The lowest BCUT2D eigenvalue weighted by molar-refractivity contribution is -0.125. The molecule has 0 atom stereocenters. The maximum absolute atomic E-state index is 11.2. The first-order chi connectivity index (χ1) is 7.63. The molecular formula is C9H18N2O5S. The Labute approximate surface area is 102 Å². The van der Waals surface area contributed by atoms with Crippen LogP contribution in [0.4, 0.5) is 4.79 Å². The number of hydrogen-bond acceptors (Lipinski definition) is 5. The van der Waals surface area contributed by atoms with E-state index in [4.69, 9.17) is 4.74 Å². The molecule has 0 fully saturated rings. The van der Waals surface area contributed by atoms with Gasteiger partial charge in [-0.15, -0.1) is 0 Å². The van der Waals surface area contributed by atoms with E-state index in [1.165, 1.54) is 0 Å². The molecule has 0 aromatic rings. The number of carbonyl (C=O) groups excluding carboxylic acids is 2. The Morgan fingerprint density at radius 3 is 2.24 bits per heavy atom. The summed E-state index contributed by atoms with van der Waals surface area (Å²) >= 11 is 0. The van der Waals surface area contributed by atoms with Crippen LogP contribution in [0.2, 0.25) is 0 Å². The zero-order valence-electron chi connectivity index (χ0n) is 10.3. The smallest absolute Gasteiger partial charge is 0.407 e. The maximum atomic E-state index is 11.2. The van der Waals surface area contributed by atoms with Crippen molar-refractivity contribution in [3.63, 3.8) is 0 Å². The molecule has 0 aliphatic carbocycles. The Kier molecular flexibility index (Phi) is 5.94. The van der Waals surface area contributed by atoms with Gasteiger partial charge >= 0.3 is 6.09 Å². The number of alkyl carbamates (subject to hydrolysis) is 1. The van der Waals surface area contributed by atoms with E-state index in [9.17, 15) is 18.0 Å². The second-order valence-electron chi connectivity index (χ2n) is 4.33. The Morgan fingerprint density at radius 2 is 1.82 bits per heavy atom. The van der Waals surface area contributed by atoms with Crippen molar-refractivity contribution in [2.24, 2.45) is 0 Å². The number of rotatable bonds is 4. The molecule has 0 spiro atoms. The fraction of sp³-hybridized carbons (Fsp3) is 0.778. The highest BCUT2D eigenvalue weighted by Gasteiger charge is 2.16. The molecule has 0 heterocycles. The van der Waals surface area contributed by atoms with Crippen LogP contribution in [0.5, 0.6) is 0 Å². The van der Waals surface area contributed by atoms with Gasteiger partial charge in [-0.1, -0.05) is 0 Å². The van der Waals surface area contributed by atoms with Gasteiger partial charge in [0.2, 0.25) is 16.8 Å². The molecule has 0 bridgehead atoms. The van der Waals surface area contributed by atoms with Crippen LogP contribution in [-0.2, 0) is 20.4 Å². The van der Waals surface area contributed by atoms with Crippen molar-refractivity contribution in [3.05, 3.63) is 0 Å². The van der Waals surface area contributed by atoms with Crippen molar-refractivity contribution in [2.75, 3.05) is 13.6 Å². The number of amides is 2. The third-order valence-corrected chi connectivity index (χ3v) is 2.33. The zero-order chi connectivity index (χ0) is 13.6. The summed E-state index contributed by atoms with van der Waals surface area (Å²) in [5.41, 5.74) is -0.608. The van der Waals surface area contributed by atoms with Gasteiger partial charge in [0.1, 0.15) is 5.60 Å². The Hall–Kier alpha value is -1.31. The second-order valence-corrected chi connectivity index (χ2v) is 5.41. The van der Waals surface area contributed by atoms with Crippen molar-refractivity contribution < 1.29 is 22.7 Å².